The summed E-state index contributed by atoms with van der Waals surface area (Å²) in [4.78, 5) is 28.0. The number of phenolic OH excluding ortho intramolecular Hbond substituents is 1. The maximum Gasteiger partial charge on any atom is 0.294 e. The Bertz CT molecular complexity index is 1360. The van der Waals surface area contributed by atoms with Crippen LogP contribution in [0, 0.1) is 6.92 Å². The molecule has 6 heteroatoms. The van der Waals surface area contributed by atoms with Crippen LogP contribution in [0.15, 0.2) is 94.6 Å². The molecule has 5 rings (SSSR count). The van der Waals surface area contributed by atoms with Crippen molar-refractivity contribution in [2.24, 2.45) is 0 Å². The number of anilines is 1. The number of hydrogen-bond acceptors (Lipinski definition) is 5. The van der Waals surface area contributed by atoms with Crippen molar-refractivity contribution in [2.45, 2.75) is 13.0 Å². The van der Waals surface area contributed by atoms with Gasteiger partial charge < -0.3 is 14.6 Å². The van der Waals surface area contributed by atoms with E-state index >= 15 is 0 Å². The second kappa shape index (κ2) is 7.42. The molecule has 2 heterocycles. The van der Waals surface area contributed by atoms with E-state index in [1.807, 2.05) is 31.2 Å². The summed E-state index contributed by atoms with van der Waals surface area (Å²) in [7, 11) is 0. The molecule has 32 heavy (non-hydrogen) atoms. The molecule has 1 atom stereocenters. The second-order valence-electron chi connectivity index (χ2n) is 7.75. The van der Waals surface area contributed by atoms with Gasteiger partial charge in [-0.3, -0.25) is 14.5 Å². The number of furan rings is 1. The Morgan fingerprint density at radius 3 is 2.41 bits per heavy atom. The summed E-state index contributed by atoms with van der Waals surface area (Å²) in [6.07, 6.45) is 0. The molecule has 4 aromatic rings. The third kappa shape index (κ3) is 3.13. The van der Waals surface area contributed by atoms with Crippen molar-refractivity contribution in [3.05, 3.63) is 107 Å². The summed E-state index contributed by atoms with van der Waals surface area (Å²) in [5, 5.41) is 21.6. The highest BCUT2D eigenvalue weighted by atomic mass is 16.3. The van der Waals surface area contributed by atoms with Gasteiger partial charge in [-0.2, -0.15) is 0 Å². The van der Waals surface area contributed by atoms with Gasteiger partial charge in [-0.25, -0.2) is 0 Å². The average molecular weight is 425 g/mol. The van der Waals surface area contributed by atoms with Crippen LogP contribution >= 0.6 is 0 Å². The lowest BCUT2D eigenvalue weighted by Crippen LogP contribution is -2.31. The number of aliphatic hydroxyl groups is 1. The molecule has 0 bridgehead atoms. The molecule has 1 amide bonds. The lowest BCUT2D eigenvalue weighted by atomic mass is 9.94. The predicted octanol–water partition coefficient (Wildman–Crippen LogP) is 5.23. The number of rotatable bonds is 4. The van der Waals surface area contributed by atoms with Crippen LogP contribution in [0.3, 0.4) is 0 Å². The molecule has 0 radical (unpaired) electrons. The van der Waals surface area contributed by atoms with Gasteiger partial charge in [0.2, 0.25) is 5.78 Å². The number of benzene rings is 3. The van der Waals surface area contributed by atoms with Crippen LogP contribution in [0.5, 0.6) is 5.75 Å². The molecule has 0 fully saturated rings. The fraction of sp³-hybridized carbons (Fsp3) is 0.0769. The Kier molecular flexibility index (Phi) is 4.56. The van der Waals surface area contributed by atoms with Crippen molar-refractivity contribution in [1.29, 1.82) is 0 Å². The van der Waals surface area contributed by atoms with Gasteiger partial charge in [-0.05, 0) is 48.9 Å². The molecule has 3 aromatic carbocycles. The first-order chi connectivity index (χ1) is 15.4. The largest absolute Gasteiger partial charge is 0.508 e. The number of nitrogens with zero attached hydrogens (tertiary/aromatic N) is 1. The highest BCUT2D eigenvalue weighted by molar-refractivity contribution is 6.20. The van der Waals surface area contributed by atoms with E-state index in [1.165, 1.54) is 17.0 Å². The number of amides is 1. The number of ketones is 1. The van der Waals surface area contributed by atoms with Crippen molar-refractivity contribution in [3.8, 4) is 5.75 Å². The van der Waals surface area contributed by atoms with E-state index in [9.17, 15) is 19.8 Å². The summed E-state index contributed by atoms with van der Waals surface area (Å²) in [5.74, 6) is -1.90. The van der Waals surface area contributed by atoms with Gasteiger partial charge in [-0.15, -0.1) is 0 Å². The first-order valence-corrected chi connectivity index (χ1v) is 10.1. The Morgan fingerprint density at radius 1 is 0.938 bits per heavy atom. The average Bonchev–Trinajstić information content (AvgIpc) is 3.33. The van der Waals surface area contributed by atoms with Crippen molar-refractivity contribution in [3.63, 3.8) is 0 Å². The zero-order valence-corrected chi connectivity index (χ0v) is 17.1. The second-order valence-corrected chi connectivity index (χ2v) is 7.75. The Balaban J connectivity index is 1.67. The number of aryl methyl sites for hydroxylation is 1. The van der Waals surface area contributed by atoms with Crippen LogP contribution in [0.1, 0.15) is 27.7 Å². The Labute approximate surface area is 183 Å². The van der Waals surface area contributed by atoms with Gasteiger partial charge in [0.25, 0.3) is 5.91 Å². The van der Waals surface area contributed by atoms with Crippen molar-refractivity contribution < 1.29 is 24.2 Å². The van der Waals surface area contributed by atoms with Crippen molar-refractivity contribution in [2.75, 3.05) is 4.90 Å². The molecule has 1 aliphatic rings. The number of aliphatic hydroxyl groups excluding tert-OH is 1. The van der Waals surface area contributed by atoms with Crippen LogP contribution in [0.4, 0.5) is 5.69 Å². The molecule has 2 N–H and O–H groups in total. The van der Waals surface area contributed by atoms with Crippen LogP contribution in [-0.4, -0.2) is 21.9 Å². The predicted molar refractivity (Wildman–Crippen MR) is 120 cm³/mol. The third-order valence-electron chi connectivity index (χ3n) is 5.60. The summed E-state index contributed by atoms with van der Waals surface area (Å²) in [6.45, 7) is 1.93. The summed E-state index contributed by atoms with van der Waals surface area (Å²) >= 11 is 0. The third-order valence-corrected chi connectivity index (χ3v) is 5.60. The number of hydrogen-bond donors (Lipinski definition) is 2. The standard InChI is InChI=1S/C26H19NO5/c1-15-9-11-18(12-10-15)27-23(17-6-4-7-19(28)13-17)22(25(30)26(27)31)24(29)21-14-16-5-2-3-8-20(16)32-21/h2-14,23,28,30H,1H3. The molecule has 158 valence electrons. The first-order valence-electron chi connectivity index (χ1n) is 10.1. The topological polar surface area (TPSA) is 91.0 Å². The zero-order chi connectivity index (χ0) is 22.4. The van der Waals surface area contributed by atoms with Gasteiger partial charge in [0, 0.05) is 11.1 Å². The molecule has 1 aliphatic heterocycles. The minimum absolute atomic E-state index is 0.0132. The van der Waals surface area contributed by atoms with E-state index in [2.05, 4.69) is 0 Å². The molecule has 6 nitrogen and oxygen atoms in total. The normalized spacial score (nSPS) is 16.2. The van der Waals surface area contributed by atoms with E-state index in [0.29, 0.717) is 16.8 Å². The zero-order valence-electron chi connectivity index (χ0n) is 17.1. The molecule has 0 saturated carbocycles. The van der Waals surface area contributed by atoms with Gasteiger partial charge in [-0.1, -0.05) is 48.0 Å². The number of phenols is 1. The quantitative estimate of drug-likeness (QED) is 0.437. The van der Waals surface area contributed by atoms with E-state index < -0.39 is 23.5 Å². The molecule has 1 aromatic heterocycles. The number of Topliss-reactive ketones (excluding diaryl/α,β-unsaturated/α-hetero) is 1. The Morgan fingerprint density at radius 2 is 1.69 bits per heavy atom. The van der Waals surface area contributed by atoms with E-state index in [1.54, 1.807) is 42.5 Å². The molecule has 0 saturated heterocycles. The minimum atomic E-state index is -0.932. The van der Waals surface area contributed by atoms with E-state index in [-0.39, 0.29) is 17.1 Å². The van der Waals surface area contributed by atoms with Crippen LogP contribution in [0.2, 0.25) is 0 Å². The van der Waals surface area contributed by atoms with Gasteiger partial charge >= 0.3 is 0 Å². The van der Waals surface area contributed by atoms with Crippen molar-refractivity contribution in [1.82, 2.24) is 0 Å². The highest BCUT2D eigenvalue weighted by Gasteiger charge is 2.45. The summed E-state index contributed by atoms with van der Waals surface area (Å²) in [6, 6.07) is 21.3. The maximum atomic E-state index is 13.5. The fourth-order valence-corrected chi connectivity index (χ4v) is 4.05. The maximum absolute atomic E-state index is 13.5. The first kappa shape index (κ1) is 19.6. The van der Waals surface area contributed by atoms with Crippen LogP contribution in [-0.2, 0) is 4.79 Å². The van der Waals surface area contributed by atoms with Gasteiger partial charge in [0.1, 0.15) is 11.3 Å². The Hall–Kier alpha value is -4.32. The molecule has 0 spiro atoms. The van der Waals surface area contributed by atoms with E-state index in [4.69, 9.17) is 4.42 Å². The van der Waals surface area contributed by atoms with Crippen molar-refractivity contribution >= 4 is 28.3 Å². The van der Waals surface area contributed by atoms with E-state index in [0.717, 1.165) is 10.9 Å². The SMILES string of the molecule is Cc1ccc(N2C(=O)C(O)=C(C(=O)c3cc4ccccc4o3)C2c2cccc(O)c2)cc1. The molecular formula is C26H19NO5. The van der Waals surface area contributed by atoms with Gasteiger partial charge in [0.15, 0.2) is 11.5 Å². The number of para-hydroxylation sites is 1. The molecule has 1 unspecified atom stereocenters. The lowest BCUT2D eigenvalue weighted by Gasteiger charge is -2.27. The lowest BCUT2D eigenvalue weighted by molar-refractivity contribution is -0.117. The molecular weight excluding hydrogens is 406 g/mol. The van der Waals surface area contributed by atoms with Crippen LogP contribution in [0.25, 0.3) is 11.0 Å². The van der Waals surface area contributed by atoms with Gasteiger partial charge in [0.05, 0.1) is 11.6 Å². The number of carbonyl (C=O) groups excluding carboxylic acids is 2. The minimum Gasteiger partial charge on any atom is -0.508 e. The smallest absolute Gasteiger partial charge is 0.294 e. The van der Waals surface area contributed by atoms with Crippen LogP contribution < -0.4 is 4.90 Å². The monoisotopic (exact) mass is 425 g/mol. The number of fused-ring (bicyclic) bond motifs is 1. The summed E-state index contributed by atoms with van der Waals surface area (Å²) < 4.78 is 5.72. The summed E-state index contributed by atoms with van der Waals surface area (Å²) in [5.41, 5.74) is 2.45. The number of aromatic hydroxyl groups is 1. The number of carbonyl (C=O) groups is 2. The highest BCUT2D eigenvalue weighted by Crippen LogP contribution is 2.43. The fourth-order valence-electron chi connectivity index (χ4n) is 4.05. The molecule has 0 aliphatic carbocycles.